The lowest BCUT2D eigenvalue weighted by atomic mass is 10.5. The molecule has 28 heavy (non-hydrogen) atoms. The summed E-state index contributed by atoms with van der Waals surface area (Å²) in [6.45, 7) is 9.21. The zero-order valence-electron chi connectivity index (χ0n) is 18.1. The van der Waals surface area contributed by atoms with Gasteiger partial charge in [-0.2, -0.15) is 0 Å². The number of nitrogens with two attached hydrogens (primary N) is 2. The van der Waals surface area contributed by atoms with Crippen LogP contribution in [0.5, 0.6) is 0 Å². The van der Waals surface area contributed by atoms with E-state index >= 15 is 0 Å². The van der Waals surface area contributed by atoms with E-state index in [4.69, 9.17) is 45.6 Å². The van der Waals surface area contributed by atoms with Crippen molar-refractivity contribution in [2.75, 3.05) is 40.5 Å². The van der Waals surface area contributed by atoms with E-state index in [-0.39, 0.29) is 0 Å². The Morgan fingerprint density at radius 3 is 1.21 bits per heavy atom. The maximum Gasteiger partial charge on any atom is 0.486 e. The van der Waals surface area contributed by atoms with Crippen LogP contribution in [0, 0.1) is 0 Å². The summed E-state index contributed by atoms with van der Waals surface area (Å²) in [7, 11) is -9.75. The first-order valence-corrected chi connectivity index (χ1v) is 18.1. The Labute approximate surface area is 173 Å². The van der Waals surface area contributed by atoms with Gasteiger partial charge in [-0.15, -0.1) is 0 Å². The average molecular weight is 475 g/mol. The lowest BCUT2D eigenvalue weighted by molar-refractivity contribution is 0.0312. The second-order valence-corrected chi connectivity index (χ2v) is 18.4. The van der Waals surface area contributed by atoms with Crippen LogP contribution in [0.15, 0.2) is 0 Å². The van der Waals surface area contributed by atoms with Gasteiger partial charge in [-0.05, 0) is 39.8 Å². The van der Waals surface area contributed by atoms with Crippen LogP contribution in [0.2, 0.25) is 25.2 Å². The van der Waals surface area contributed by atoms with Gasteiger partial charge in [0.1, 0.15) is 0 Å². The molecule has 0 aromatic rings. The second-order valence-electron chi connectivity index (χ2n) is 6.56. The molecule has 1 fully saturated rings. The lowest BCUT2D eigenvalue weighted by Crippen LogP contribution is -2.71. The molecule has 4 N–H and O–H groups in total. The van der Waals surface area contributed by atoms with Crippen molar-refractivity contribution in [3.8, 4) is 0 Å². The smallest absolute Gasteiger partial charge is 0.378 e. The van der Waals surface area contributed by atoms with Gasteiger partial charge < -0.3 is 45.6 Å². The molecule has 0 unspecified atom stereocenters. The van der Waals surface area contributed by atoms with Crippen molar-refractivity contribution in [1.29, 1.82) is 0 Å². The molecule has 0 bridgehead atoms. The molecule has 0 saturated carbocycles. The van der Waals surface area contributed by atoms with E-state index in [9.17, 15) is 0 Å². The molecular weight excluding hydrogens is 437 g/mol. The minimum absolute atomic E-state index is 0.417. The number of hydrogen-bond donors (Lipinski definition) is 2. The summed E-state index contributed by atoms with van der Waals surface area (Å²) in [6.07, 6.45) is 1.35. The monoisotopic (exact) mass is 474 g/mol. The van der Waals surface area contributed by atoms with Crippen molar-refractivity contribution in [3.05, 3.63) is 0 Å². The van der Waals surface area contributed by atoms with Crippen molar-refractivity contribution in [3.63, 3.8) is 0 Å². The molecule has 10 nitrogen and oxygen atoms in total. The van der Waals surface area contributed by atoms with Crippen LogP contribution in [0.3, 0.4) is 0 Å². The highest BCUT2D eigenvalue weighted by atomic mass is 28.6. The first kappa shape index (κ1) is 26.5. The third-order valence-corrected chi connectivity index (χ3v) is 20.0. The highest BCUT2D eigenvalue weighted by Crippen LogP contribution is 2.36. The van der Waals surface area contributed by atoms with E-state index in [1.165, 1.54) is 0 Å². The summed E-state index contributed by atoms with van der Waals surface area (Å²) < 4.78 is 49.5. The van der Waals surface area contributed by atoms with E-state index in [1.807, 2.05) is 26.9 Å². The summed E-state index contributed by atoms with van der Waals surface area (Å²) in [6, 6.07) is 1.04. The summed E-state index contributed by atoms with van der Waals surface area (Å²) in [5.74, 6) is 0. The van der Waals surface area contributed by atoms with E-state index in [0.717, 1.165) is 0 Å². The molecule has 0 radical (unpaired) electrons. The molecule has 0 aromatic heterocycles. The van der Waals surface area contributed by atoms with Gasteiger partial charge >= 0.3 is 35.2 Å². The Morgan fingerprint density at radius 1 is 0.679 bits per heavy atom. The Balaban J connectivity index is 3.39. The average Bonchev–Trinajstić information content (AvgIpc) is 2.64. The standard InChI is InChI=1S/C14H38N2O8Si4/c1-7-19-27(13-9-11-15)21-25(5,17-3)23-28(20-8-2,14-10-12-16)24-26(6,18-4)22-27/h7-16H2,1-6H3. The topological polar surface area (TPSA) is 126 Å². The second kappa shape index (κ2) is 11.7. The van der Waals surface area contributed by atoms with Gasteiger partial charge in [0.25, 0.3) is 0 Å². The molecule has 1 saturated heterocycles. The predicted octanol–water partition coefficient (Wildman–Crippen LogP) is 1.15. The van der Waals surface area contributed by atoms with Crippen molar-refractivity contribution in [2.45, 2.75) is 51.9 Å². The molecule has 1 rings (SSSR count). The Kier molecular flexibility index (Phi) is 11.1. The maximum atomic E-state index is 6.47. The summed E-state index contributed by atoms with van der Waals surface area (Å²) >= 11 is 0. The van der Waals surface area contributed by atoms with Gasteiger partial charge in [0.05, 0.1) is 0 Å². The normalized spacial score (nSPS) is 36.9. The van der Waals surface area contributed by atoms with Crippen molar-refractivity contribution in [2.24, 2.45) is 11.5 Å². The van der Waals surface area contributed by atoms with Gasteiger partial charge in [0.15, 0.2) is 0 Å². The highest BCUT2D eigenvalue weighted by Gasteiger charge is 2.64. The summed E-state index contributed by atoms with van der Waals surface area (Å²) in [5, 5.41) is 0. The molecule has 1 aliphatic rings. The minimum Gasteiger partial charge on any atom is -0.378 e. The lowest BCUT2D eigenvalue weighted by Gasteiger charge is -2.47. The van der Waals surface area contributed by atoms with Crippen LogP contribution < -0.4 is 11.5 Å². The largest absolute Gasteiger partial charge is 0.486 e. The Hall–Kier alpha value is 0.468. The van der Waals surface area contributed by atoms with Gasteiger partial charge in [-0.3, -0.25) is 0 Å². The molecule has 14 heteroatoms. The zero-order valence-corrected chi connectivity index (χ0v) is 22.1. The van der Waals surface area contributed by atoms with Gasteiger partial charge in [0, 0.05) is 52.6 Å². The maximum absolute atomic E-state index is 6.47. The number of hydrogen-bond acceptors (Lipinski definition) is 10. The predicted molar refractivity (Wildman–Crippen MR) is 113 cm³/mol. The molecule has 1 heterocycles. The van der Waals surface area contributed by atoms with E-state index in [1.54, 1.807) is 14.2 Å². The number of rotatable bonds is 12. The SMILES string of the molecule is CCO[Si]1(CCCN)O[Si](C)(OC)O[Si](CCCN)(OCC)O[Si](C)(OC)O1. The summed E-state index contributed by atoms with van der Waals surface area (Å²) in [4.78, 5) is 0. The van der Waals surface area contributed by atoms with E-state index in [0.29, 0.717) is 51.2 Å². The van der Waals surface area contributed by atoms with Crippen LogP contribution in [-0.4, -0.2) is 75.7 Å². The zero-order chi connectivity index (χ0) is 21.3. The van der Waals surface area contributed by atoms with Gasteiger partial charge in [-0.25, -0.2) is 0 Å². The summed E-state index contributed by atoms with van der Waals surface area (Å²) in [5.41, 5.74) is 11.5. The molecule has 0 aromatic carbocycles. The Bertz CT molecular complexity index is 413. The van der Waals surface area contributed by atoms with Crippen molar-refractivity contribution in [1.82, 2.24) is 0 Å². The fraction of sp³-hybridized carbons (Fsp3) is 1.00. The van der Waals surface area contributed by atoms with E-state index in [2.05, 4.69) is 0 Å². The first-order valence-electron chi connectivity index (χ1n) is 9.78. The molecule has 168 valence electrons. The third kappa shape index (κ3) is 7.31. The van der Waals surface area contributed by atoms with E-state index < -0.39 is 35.2 Å². The van der Waals surface area contributed by atoms with Crippen LogP contribution in [0.4, 0.5) is 0 Å². The minimum atomic E-state index is -3.23. The third-order valence-electron chi connectivity index (χ3n) is 4.21. The van der Waals surface area contributed by atoms with Crippen LogP contribution in [0.25, 0.3) is 0 Å². The molecule has 0 spiro atoms. The van der Waals surface area contributed by atoms with Crippen LogP contribution >= 0.6 is 0 Å². The molecule has 0 amide bonds. The fourth-order valence-electron chi connectivity index (χ4n) is 2.92. The molecule has 0 aliphatic carbocycles. The van der Waals surface area contributed by atoms with Crippen molar-refractivity contribution < 1.29 is 34.2 Å². The first-order chi connectivity index (χ1) is 13.2. The molecule has 0 atom stereocenters. The molecular formula is C14H38N2O8Si4. The fourth-order valence-corrected chi connectivity index (χ4v) is 20.5. The highest BCUT2D eigenvalue weighted by molar-refractivity contribution is 6.88. The quantitative estimate of drug-likeness (QED) is 0.398. The van der Waals surface area contributed by atoms with Crippen LogP contribution in [0.1, 0.15) is 26.7 Å². The Morgan fingerprint density at radius 2 is 1.00 bits per heavy atom. The molecule has 1 aliphatic heterocycles. The van der Waals surface area contributed by atoms with Gasteiger partial charge in [-0.1, -0.05) is 0 Å². The van der Waals surface area contributed by atoms with Crippen molar-refractivity contribution >= 4 is 35.2 Å². The van der Waals surface area contributed by atoms with Crippen LogP contribution in [-0.2, 0) is 34.2 Å². The van der Waals surface area contributed by atoms with Gasteiger partial charge in [0.2, 0.25) is 0 Å².